The number of aryl methyl sites for hydroxylation is 1. The molecule has 31 heavy (non-hydrogen) atoms. The molecule has 0 bridgehead atoms. The Morgan fingerprint density at radius 3 is 2.68 bits per heavy atom. The van der Waals surface area contributed by atoms with Gasteiger partial charge >= 0.3 is 0 Å². The van der Waals surface area contributed by atoms with Crippen molar-refractivity contribution in [2.24, 2.45) is 0 Å². The second-order valence-electron chi connectivity index (χ2n) is 7.35. The van der Waals surface area contributed by atoms with Crippen LogP contribution in [0.15, 0.2) is 66.4 Å². The lowest BCUT2D eigenvalue weighted by atomic mass is 10.1. The molecule has 1 unspecified atom stereocenters. The predicted octanol–water partition coefficient (Wildman–Crippen LogP) is 5.02. The summed E-state index contributed by atoms with van der Waals surface area (Å²) in [5, 5.41) is 5.89. The number of hydrogen-bond donors (Lipinski definition) is 1. The number of aromatic nitrogens is 3. The summed E-state index contributed by atoms with van der Waals surface area (Å²) >= 11 is 1.55. The molecule has 4 aromatic rings. The van der Waals surface area contributed by atoms with Crippen molar-refractivity contribution >= 4 is 17.2 Å². The van der Waals surface area contributed by atoms with Crippen LogP contribution in [0.3, 0.4) is 0 Å². The Kier molecular flexibility index (Phi) is 6.13. The average Bonchev–Trinajstić information content (AvgIpc) is 3.40. The third-order valence-corrected chi connectivity index (χ3v) is 5.90. The Labute approximate surface area is 185 Å². The van der Waals surface area contributed by atoms with Crippen LogP contribution in [-0.2, 0) is 6.61 Å². The highest BCUT2D eigenvalue weighted by molar-refractivity contribution is 7.12. The molecule has 1 aromatic carbocycles. The monoisotopic (exact) mass is 432 g/mol. The molecule has 3 aromatic heterocycles. The molecule has 1 N–H and O–H groups in total. The second-order valence-corrected chi connectivity index (χ2v) is 8.22. The van der Waals surface area contributed by atoms with Gasteiger partial charge in [0.15, 0.2) is 5.13 Å². The minimum atomic E-state index is -0.136. The van der Waals surface area contributed by atoms with Gasteiger partial charge in [-0.25, -0.2) is 4.98 Å². The molecule has 3 heterocycles. The highest BCUT2D eigenvalue weighted by Gasteiger charge is 2.19. The van der Waals surface area contributed by atoms with Crippen molar-refractivity contribution in [3.8, 4) is 10.9 Å². The Bertz CT molecular complexity index is 1150. The van der Waals surface area contributed by atoms with Gasteiger partial charge in [0, 0.05) is 40.9 Å². The van der Waals surface area contributed by atoms with Gasteiger partial charge in [0.2, 0.25) is 0 Å². The predicted molar refractivity (Wildman–Crippen MR) is 122 cm³/mol. The van der Waals surface area contributed by atoms with Gasteiger partial charge in [-0.15, -0.1) is 11.3 Å². The van der Waals surface area contributed by atoms with Crippen LogP contribution in [0.5, 0.6) is 5.75 Å². The minimum Gasteiger partial charge on any atom is -0.489 e. The lowest BCUT2D eigenvalue weighted by molar-refractivity contribution is 0.0939. The van der Waals surface area contributed by atoms with E-state index in [4.69, 9.17) is 4.74 Å². The lowest BCUT2D eigenvalue weighted by Gasteiger charge is -2.15. The molecule has 1 atom stereocenters. The van der Waals surface area contributed by atoms with Gasteiger partial charge in [0.1, 0.15) is 12.4 Å². The highest BCUT2D eigenvalue weighted by Crippen LogP contribution is 2.24. The Morgan fingerprint density at radius 2 is 2.00 bits per heavy atom. The first-order valence-electron chi connectivity index (χ1n) is 10.0. The van der Waals surface area contributed by atoms with Gasteiger partial charge in [-0.2, -0.15) is 0 Å². The zero-order chi connectivity index (χ0) is 21.8. The number of carbonyl (C=O) groups is 1. The molecule has 7 heteroatoms. The maximum atomic E-state index is 12.9. The van der Waals surface area contributed by atoms with Crippen LogP contribution in [0.4, 0.5) is 0 Å². The zero-order valence-electron chi connectivity index (χ0n) is 17.7. The van der Waals surface area contributed by atoms with Crippen molar-refractivity contribution < 1.29 is 9.53 Å². The van der Waals surface area contributed by atoms with E-state index < -0.39 is 0 Å². The normalized spacial score (nSPS) is 11.8. The summed E-state index contributed by atoms with van der Waals surface area (Å²) in [5.74, 6) is 0.679. The number of amides is 1. The van der Waals surface area contributed by atoms with E-state index >= 15 is 0 Å². The molecule has 0 fully saturated rings. The number of benzene rings is 1. The van der Waals surface area contributed by atoms with Crippen LogP contribution < -0.4 is 10.1 Å². The summed E-state index contributed by atoms with van der Waals surface area (Å²) in [6.07, 6.45) is 5.30. The number of carbonyl (C=O) groups excluding carboxylic acids is 1. The largest absolute Gasteiger partial charge is 0.489 e. The third kappa shape index (κ3) is 4.67. The molecular weight excluding hydrogens is 408 g/mol. The quantitative estimate of drug-likeness (QED) is 0.445. The van der Waals surface area contributed by atoms with Gasteiger partial charge in [0.25, 0.3) is 5.91 Å². The van der Waals surface area contributed by atoms with Crippen LogP contribution in [0.1, 0.15) is 45.8 Å². The Morgan fingerprint density at radius 1 is 1.19 bits per heavy atom. The number of nitrogens with zero attached hydrogens (tertiary/aromatic N) is 3. The van der Waals surface area contributed by atoms with Crippen LogP contribution >= 0.6 is 11.3 Å². The number of ether oxygens (including phenoxy) is 1. The molecule has 6 nitrogen and oxygen atoms in total. The number of thiazole rings is 1. The molecule has 0 radical (unpaired) electrons. The molecule has 4 rings (SSSR count). The second kappa shape index (κ2) is 9.14. The summed E-state index contributed by atoms with van der Waals surface area (Å²) in [6.45, 7) is 6.37. The lowest BCUT2D eigenvalue weighted by Crippen LogP contribution is -2.27. The fourth-order valence-corrected chi connectivity index (χ4v) is 4.23. The van der Waals surface area contributed by atoms with Gasteiger partial charge in [-0.1, -0.05) is 18.2 Å². The average molecular weight is 433 g/mol. The summed E-state index contributed by atoms with van der Waals surface area (Å²) in [6, 6.07) is 13.4. The van der Waals surface area contributed by atoms with Crippen LogP contribution in [0.25, 0.3) is 5.13 Å². The van der Waals surface area contributed by atoms with E-state index in [2.05, 4.69) is 15.3 Å². The van der Waals surface area contributed by atoms with Crippen LogP contribution in [0.2, 0.25) is 0 Å². The first-order chi connectivity index (χ1) is 15.0. The summed E-state index contributed by atoms with van der Waals surface area (Å²) in [5.41, 5.74) is 4.56. The Hall–Kier alpha value is -3.45. The SMILES string of the molecule is Cc1cc(C(=O)NC(C)c2ccc(OCc3cccnc3)cc2)c(C)n1-c1nccs1. The number of rotatable bonds is 7. The van der Waals surface area contributed by atoms with E-state index in [0.717, 1.165) is 33.4 Å². The molecule has 0 aliphatic heterocycles. The summed E-state index contributed by atoms with van der Waals surface area (Å²) in [4.78, 5) is 21.4. The van der Waals surface area contributed by atoms with E-state index in [9.17, 15) is 4.79 Å². The maximum Gasteiger partial charge on any atom is 0.253 e. The van der Waals surface area contributed by atoms with Crippen molar-refractivity contribution in [3.05, 3.63) is 94.5 Å². The summed E-state index contributed by atoms with van der Waals surface area (Å²) in [7, 11) is 0. The standard InChI is InChI=1S/C24H24N4O2S/c1-16-13-22(18(3)28(16)24-26-11-12-31-24)23(29)27-17(2)20-6-8-21(9-7-20)30-15-19-5-4-10-25-14-19/h4-14,17H,15H2,1-3H3,(H,27,29). The first kappa shape index (κ1) is 20.8. The number of hydrogen-bond acceptors (Lipinski definition) is 5. The molecule has 0 saturated carbocycles. The first-order valence-corrected chi connectivity index (χ1v) is 10.9. The van der Waals surface area contributed by atoms with E-state index in [0.29, 0.717) is 12.2 Å². The zero-order valence-corrected chi connectivity index (χ0v) is 18.5. The smallest absolute Gasteiger partial charge is 0.253 e. The molecule has 0 aliphatic carbocycles. The fourth-order valence-electron chi connectivity index (χ4n) is 3.47. The molecule has 0 aliphatic rings. The van der Waals surface area contributed by atoms with Gasteiger partial charge in [-0.05, 0) is 50.6 Å². The van der Waals surface area contributed by atoms with Crippen molar-refractivity contribution in [1.29, 1.82) is 0 Å². The molecule has 158 valence electrons. The van der Waals surface area contributed by atoms with Gasteiger partial charge in [0.05, 0.1) is 11.6 Å². The highest BCUT2D eigenvalue weighted by atomic mass is 32.1. The number of nitrogens with one attached hydrogen (secondary N) is 1. The van der Waals surface area contributed by atoms with Gasteiger partial charge in [-0.3, -0.25) is 14.3 Å². The van der Waals surface area contributed by atoms with E-state index in [1.54, 1.807) is 29.9 Å². The fraction of sp³-hybridized carbons (Fsp3) is 0.208. The van der Waals surface area contributed by atoms with E-state index in [1.165, 1.54) is 0 Å². The summed E-state index contributed by atoms with van der Waals surface area (Å²) < 4.78 is 7.82. The van der Waals surface area contributed by atoms with E-state index in [-0.39, 0.29) is 11.9 Å². The molecular formula is C24H24N4O2S. The van der Waals surface area contributed by atoms with Crippen molar-refractivity contribution in [2.75, 3.05) is 0 Å². The maximum absolute atomic E-state index is 12.9. The molecule has 0 spiro atoms. The van der Waals surface area contributed by atoms with Crippen LogP contribution in [-0.4, -0.2) is 20.4 Å². The Balaban J connectivity index is 1.41. The third-order valence-electron chi connectivity index (χ3n) is 5.14. The van der Waals surface area contributed by atoms with E-state index in [1.807, 2.05) is 73.2 Å². The van der Waals surface area contributed by atoms with Gasteiger partial charge < -0.3 is 10.1 Å². The van der Waals surface area contributed by atoms with Crippen LogP contribution in [0, 0.1) is 13.8 Å². The molecule has 1 amide bonds. The molecule has 0 saturated heterocycles. The van der Waals surface area contributed by atoms with Crippen molar-refractivity contribution in [2.45, 2.75) is 33.4 Å². The van der Waals surface area contributed by atoms with Crippen molar-refractivity contribution in [1.82, 2.24) is 19.9 Å². The number of pyridine rings is 1. The minimum absolute atomic E-state index is 0.0969. The van der Waals surface area contributed by atoms with Crippen molar-refractivity contribution in [3.63, 3.8) is 0 Å². The topological polar surface area (TPSA) is 69.0 Å².